The van der Waals surface area contributed by atoms with Crippen molar-refractivity contribution in [2.45, 2.75) is 24.3 Å². The molecule has 0 spiro atoms. The van der Waals surface area contributed by atoms with Crippen molar-refractivity contribution >= 4 is 26.0 Å². The van der Waals surface area contributed by atoms with Gasteiger partial charge in [0, 0.05) is 22.9 Å². The Labute approximate surface area is 131 Å². The molecule has 0 bridgehead atoms. The minimum atomic E-state index is -3.91. The number of aromatic amines is 1. The average Bonchev–Trinajstić information content (AvgIpc) is 2.38. The summed E-state index contributed by atoms with van der Waals surface area (Å²) in [6, 6.07) is 8.49. The van der Waals surface area contributed by atoms with Crippen molar-refractivity contribution in [3.05, 3.63) is 63.0 Å². The molecule has 1 heterocycles. The lowest BCUT2D eigenvalue weighted by Gasteiger charge is -2.26. The minimum Gasteiger partial charge on any atom is -0.366 e. The van der Waals surface area contributed by atoms with Crippen LogP contribution in [0.2, 0.25) is 0 Å². The summed E-state index contributed by atoms with van der Waals surface area (Å²) in [5, 5.41) is 0. The first-order valence-corrected chi connectivity index (χ1v) is 8.47. The zero-order valence-corrected chi connectivity index (χ0v) is 14.0. The topological polar surface area (TPSA) is 79.0 Å². The summed E-state index contributed by atoms with van der Waals surface area (Å²) in [6.07, 6.45) is 2.57. The second kappa shape index (κ2) is 5.75. The first-order valence-electron chi connectivity index (χ1n) is 6.19. The Kier molecular flexibility index (Phi) is 4.36. The largest absolute Gasteiger partial charge is 0.366 e. The van der Waals surface area contributed by atoms with E-state index < -0.39 is 21.0 Å². The van der Waals surface area contributed by atoms with Gasteiger partial charge in [0.1, 0.15) is 4.90 Å². The standard InChI is InChI=1S/C14H15BrN2O3S/c1-14(2,10-3-5-11(15)6-4-10)17-21(19,20)13-9-16-8-7-12(13)18/h3-9,17H,1-2H3,(H,16,18). The third kappa shape index (κ3) is 3.61. The second-order valence-corrected chi connectivity index (χ2v) is 7.68. The van der Waals surface area contributed by atoms with Crippen LogP contribution in [0.1, 0.15) is 19.4 Å². The van der Waals surface area contributed by atoms with Crippen molar-refractivity contribution in [1.82, 2.24) is 9.71 Å². The number of rotatable bonds is 4. The fourth-order valence-electron chi connectivity index (χ4n) is 1.93. The number of halogens is 1. The number of nitrogens with one attached hydrogen (secondary N) is 2. The van der Waals surface area contributed by atoms with Crippen molar-refractivity contribution in [3.8, 4) is 0 Å². The van der Waals surface area contributed by atoms with E-state index in [-0.39, 0.29) is 4.90 Å². The van der Waals surface area contributed by atoms with Crippen LogP contribution in [0.4, 0.5) is 0 Å². The maximum Gasteiger partial charge on any atom is 0.246 e. The van der Waals surface area contributed by atoms with Gasteiger partial charge in [0.05, 0.1) is 5.54 Å². The Morgan fingerprint density at radius 2 is 1.76 bits per heavy atom. The molecule has 2 rings (SSSR count). The molecule has 0 aliphatic rings. The monoisotopic (exact) mass is 370 g/mol. The maximum absolute atomic E-state index is 12.4. The number of sulfonamides is 1. The lowest BCUT2D eigenvalue weighted by Crippen LogP contribution is -2.42. The van der Waals surface area contributed by atoms with E-state index in [1.54, 1.807) is 13.8 Å². The van der Waals surface area contributed by atoms with E-state index in [4.69, 9.17) is 0 Å². The molecule has 2 aromatic rings. The Bertz CT molecular complexity index is 795. The van der Waals surface area contributed by atoms with E-state index in [1.807, 2.05) is 24.3 Å². The van der Waals surface area contributed by atoms with Gasteiger partial charge in [-0.2, -0.15) is 0 Å². The first-order chi connectivity index (χ1) is 9.72. The lowest BCUT2D eigenvalue weighted by molar-refractivity contribution is 0.471. The fourth-order valence-corrected chi connectivity index (χ4v) is 3.65. The third-order valence-electron chi connectivity index (χ3n) is 3.03. The molecule has 7 heteroatoms. The van der Waals surface area contributed by atoms with Crippen LogP contribution in [0.5, 0.6) is 0 Å². The fraction of sp³-hybridized carbons (Fsp3) is 0.214. The van der Waals surface area contributed by atoms with Crippen LogP contribution in [-0.4, -0.2) is 13.4 Å². The van der Waals surface area contributed by atoms with E-state index in [0.717, 1.165) is 10.0 Å². The number of hydrogen-bond donors (Lipinski definition) is 2. The zero-order valence-electron chi connectivity index (χ0n) is 11.6. The summed E-state index contributed by atoms with van der Waals surface area (Å²) >= 11 is 3.34. The molecule has 2 N–H and O–H groups in total. The van der Waals surface area contributed by atoms with Crippen LogP contribution in [-0.2, 0) is 15.6 Å². The molecule has 0 saturated heterocycles. The number of hydrogen-bond acceptors (Lipinski definition) is 3. The molecule has 112 valence electrons. The number of aromatic nitrogens is 1. The van der Waals surface area contributed by atoms with Crippen molar-refractivity contribution in [2.75, 3.05) is 0 Å². The highest BCUT2D eigenvalue weighted by atomic mass is 79.9. The van der Waals surface area contributed by atoms with E-state index in [2.05, 4.69) is 25.6 Å². The summed E-state index contributed by atoms with van der Waals surface area (Å²) in [4.78, 5) is 14.0. The average molecular weight is 371 g/mol. The Balaban J connectivity index is 2.38. The number of pyridine rings is 1. The van der Waals surface area contributed by atoms with Crippen LogP contribution in [0.3, 0.4) is 0 Å². The van der Waals surface area contributed by atoms with Gasteiger partial charge in [-0.25, -0.2) is 13.1 Å². The first kappa shape index (κ1) is 15.9. The molecule has 0 amide bonds. The summed E-state index contributed by atoms with van der Waals surface area (Å²) in [5.74, 6) is 0. The molecule has 1 aromatic carbocycles. The van der Waals surface area contributed by atoms with Crippen molar-refractivity contribution in [3.63, 3.8) is 0 Å². The van der Waals surface area contributed by atoms with Crippen molar-refractivity contribution < 1.29 is 8.42 Å². The molecule has 1 aromatic heterocycles. The highest BCUT2D eigenvalue weighted by molar-refractivity contribution is 9.10. The quantitative estimate of drug-likeness (QED) is 0.866. The predicted molar refractivity (Wildman–Crippen MR) is 84.6 cm³/mol. The third-order valence-corrected chi connectivity index (χ3v) is 5.24. The van der Waals surface area contributed by atoms with E-state index in [0.29, 0.717) is 0 Å². The Morgan fingerprint density at radius 1 is 1.14 bits per heavy atom. The summed E-state index contributed by atoms with van der Waals surface area (Å²) < 4.78 is 28.2. The van der Waals surface area contributed by atoms with Crippen LogP contribution < -0.4 is 10.2 Å². The molecule has 0 atom stereocenters. The predicted octanol–water partition coefficient (Wildman–Crippen LogP) is 2.35. The van der Waals surface area contributed by atoms with Gasteiger partial charge in [-0.3, -0.25) is 4.79 Å². The van der Waals surface area contributed by atoms with Gasteiger partial charge in [-0.15, -0.1) is 0 Å². The molecule has 0 fully saturated rings. The van der Waals surface area contributed by atoms with Gasteiger partial charge in [-0.05, 0) is 31.5 Å². The van der Waals surface area contributed by atoms with E-state index in [9.17, 15) is 13.2 Å². The summed E-state index contributed by atoms with van der Waals surface area (Å²) in [7, 11) is -3.91. The molecule has 0 aliphatic heterocycles. The molecule has 0 radical (unpaired) electrons. The SMILES string of the molecule is CC(C)(NS(=O)(=O)c1c[nH]ccc1=O)c1ccc(Br)cc1. The van der Waals surface area contributed by atoms with Crippen LogP contribution in [0.25, 0.3) is 0 Å². The smallest absolute Gasteiger partial charge is 0.246 e. The minimum absolute atomic E-state index is 0.296. The van der Waals surface area contributed by atoms with Crippen molar-refractivity contribution in [1.29, 1.82) is 0 Å². The molecule has 0 unspecified atom stereocenters. The number of benzene rings is 1. The molecular formula is C14H15BrN2O3S. The molecule has 0 aliphatic carbocycles. The highest BCUT2D eigenvalue weighted by Gasteiger charge is 2.29. The molecule has 5 nitrogen and oxygen atoms in total. The Morgan fingerprint density at radius 3 is 2.33 bits per heavy atom. The molecule has 21 heavy (non-hydrogen) atoms. The highest BCUT2D eigenvalue weighted by Crippen LogP contribution is 2.24. The van der Waals surface area contributed by atoms with Crippen LogP contribution >= 0.6 is 15.9 Å². The summed E-state index contributed by atoms with van der Waals surface area (Å²) in [5.41, 5.74) is -0.601. The molecular weight excluding hydrogens is 356 g/mol. The van der Waals surface area contributed by atoms with Crippen molar-refractivity contribution in [2.24, 2.45) is 0 Å². The van der Waals surface area contributed by atoms with Gasteiger partial charge in [0.25, 0.3) is 0 Å². The lowest BCUT2D eigenvalue weighted by atomic mass is 9.96. The van der Waals surface area contributed by atoms with Gasteiger partial charge < -0.3 is 4.98 Å². The maximum atomic E-state index is 12.4. The van der Waals surface area contributed by atoms with E-state index >= 15 is 0 Å². The normalized spacial score (nSPS) is 12.3. The summed E-state index contributed by atoms with van der Waals surface area (Å²) in [6.45, 7) is 3.48. The molecule has 0 saturated carbocycles. The number of H-pyrrole nitrogens is 1. The van der Waals surface area contributed by atoms with Gasteiger partial charge in [0.2, 0.25) is 15.5 Å². The van der Waals surface area contributed by atoms with Gasteiger partial charge in [-0.1, -0.05) is 28.1 Å². The van der Waals surface area contributed by atoms with E-state index in [1.165, 1.54) is 18.5 Å². The Hall–Kier alpha value is -1.44. The second-order valence-electron chi connectivity index (χ2n) is 5.11. The van der Waals surface area contributed by atoms with Crippen LogP contribution in [0.15, 0.2) is 56.9 Å². The van der Waals surface area contributed by atoms with Crippen LogP contribution in [0, 0.1) is 0 Å². The zero-order chi connectivity index (χ0) is 15.7. The van der Waals surface area contributed by atoms with Gasteiger partial charge in [0.15, 0.2) is 0 Å². The van der Waals surface area contributed by atoms with Gasteiger partial charge >= 0.3 is 0 Å².